The number of amides is 1. The van der Waals surface area contributed by atoms with E-state index in [0.29, 0.717) is 12.1 Å². The molecule has 0 aliphatic rings. The van der Waals surface area contributed by atoms with Crippen LogP contribution in [0.15, 0.2) is 37.2 Å². The van der Waals surface area contributed by atoms with Crippen LogP contribution in [0.5, 0.6) is 0 Å². The van der Waals surface area contributed by atoms with E-state index in [4.69, 9.17) is 5.73 Å². The Morgan fingerprint density at radius 1 is 1.43 bits per heavy atom. The first kappa shape index (κ1) is 17.0. The topological polar surface area (TPSA) is 60.9 Å². The molecule has 0 spiro atoms. The highest BCUT2D eigenvalue weighted by Gasteiger charge is 2.24. The Morgan fingerprint density at radius 2 is 2.22 bits per heavy atom. The van der Waals surface area contributed by atoms with Crippen molar-refractivity contribution in [2.45, 2.75) is 46.1 Å². The van der Waals surface area contributed by atoms with Crippen molar-refractivity contribution in [3.05, 3.63) is 54.1 Å². The van der Waals surface area contributed by atoms with Crippen LogP contribution in [0.4, 0.5) is 0 Å². The summed E-state index contributed by atoms with van der Waals surface area (Å²) in [5.41, 5.74) is 10.2. The lowest BCUT2D eigenvalue weighted by molar-refractivity contribution is 0.1000. The lowest BCUT2D eigenvalue weighted by Crippen LogP contribution is -2.13. The Balaban J connectivity index is 2.65. The zero-order chi connectivity index (χ0) is 16.8. The van der Waals surface area contributed by atoms with Crippen molar-refractivity contribution in [1.29, 1.82) is 0 Å². The molecule has 0 saturated carbocycles. The van der Waals surface area contributed by atoms with E-state index in [1.165, 1.54) is 0 Å². The molecule has 1 amide bonds. The maximum Gasteiger partial charge on any atom is 0.251 e. The van der Waals surface area contributed by atoms with E-state index in [0.717, 1.165) is 48.2 Å². The fraction of sp³-hybridized carbons (Fsp3) is 0.368. The zero-order valence-corrected chi connectivity index (χ0v) is 14.0. The smallest absolute Gasteiger partial charge is 0.251 e. The first-order valence-electron chi connectivity index (χ1n) is 8.14. The normalized spacial score (nSPS) is 10.7. The molecule has 2 N–H and O–H groups in total. The Kier molecular flexibility index (Phi) is 5.74. The van der Waals surface area contributed by atoms with Crippen LogP contribution >= 0.6 is 0 Å². The number of unbranched alkanes of at least 4 members (excludes halogenated alkanes) is 2. The lowest BCUT2D eigenvalue weighted by Gasteiger charge is -2.11. The van der Waals surface area contributed by atoms with Crippen LogP contribution in [0.2, 0.25) is 0 Å². The maximum atomic E-state index is 12.1. The van der Waals surface area contributed by atoms with Crippen LogP contribution in [0.3, 0.4) is 0 Å². The monoisotopic (exact) mass is 311 g/mol. The van der Waals surface area contributed by atoms with Gasteiger partial charge in [-0.1, -0.05) is 31.9 Å². The van der Waals surface area contributed by atoms with E-state index >= 15 is 0 Å². The maximum absolute atomic E-state index is 12.1. The SMILES string of the molecule is C=CCn1c(C)c(C(N)=O)c(-c2cccnc2)c1CCCCC. The number of pyridine rings is 1. The summed E-state index contributed by atoms with van der Waals surface area (Å²) in [5.74, 6) is -0.388. The van der Waals surface area contributed by atoms with E-state index in [9.17, 15) is 4.79 Å². The first-order chi connectivity index (χ1) is 11.1. The standard InChI is InChI=1S/C19H25N3O/c1-4-6-7-10-16-18(15-9-8-11-21-13-15)17(19(20)23)14(3)22(16)12-5-2/h5,8-9,11,13H,2,4,6-7,10,12H2,1,3H3,(H2,20,23). The highest BCUT2D eigenvalue weighted by molar-refractivity contribution is 6.02. The largest absolute Gasteiger partial charge is 0.366 e. The average Bonchev–Trinajstić information content (AvgIpc) is 2.82. The van der Waals surface area contributed by atoms with E-state index in [1.807, 2.05) is 25.1 Å². The third kappa shape index (κ3) is 3.52. The molecule has 0 aliphatic carbocycles. The third-order valence-corrected chi connectivity index (χ3v) is 4.16. The highest BCUT2D eigenvalue weighted by Crippen LogP contribution is 2.33. The molecule has 0 bridgehead atoms. The number of nitrogens with zero attached hydrogens (tertiary/aromatic N) is 2. The fourth-order valence-electron chi connectivity index (χ4n) is 3.10. The van der Waals surface area contributed by atoms with Gasteiger partial charge in [-0.25, -0.2) is 0 Å². The molecule has 2 aromatic rings. The summed E-state index contributed by atoms with van der Waals surface area (Å²) in [6.07, 6.45) is 9.71. The van der Waals surface area contributed by atoms with Crippen LogP contribution in [0, 0.1) is 6.92 Å². The summed E-state index contributed by atoms with van der Waals surface area (Å²) in [4.78, 5) is 16.3. The summed E-state index contributed by atoms with van der Waals surface area (Å²) in [6, 6.07) is 3.87. The molecule has 0 fully saturated rings. The molecular formula is C19H25N3O. The molecular weight excluding hydrogens is 286 g/mol. The minimum absolute atomic E-state index is 0.388. The second-order valence-corrected chi connectivity index (χ2v) is 5.74. The number of aromatic nitrogens is 2. The molecule has 0 saturated heterocycles. The first-order valence-corrected chi connectivity index (χ1v) is 8.14. The molecule has 0 unspecified atom stereocenters. The summed E-state index contributed by atoms with van der Waals surface area (Å²) in [6.45, 7) is 8.65. The number of rotatable bonds is 8. The number of primary amides is 1. The predicted molar refractivity (Wildman–Crippen MR) is 94.3 cm³/mol. The van der Waals surface area contributed by atoms with Gasteiger partial charge in [0.25, 0.3) is 5.91 Å². The number of hydrogen-bond acceptors (Lipinski definition) is 2. The van der Waals surface area contributed by atoms with Crippen molar-refractivity contribution in [2.75, 3.05) is 0 Å². The predicted octanol–water partition coefficient (Wildman–Crippen LogP) is 3.88. The van der Waals surface area contributed by atoms with Crippen LogP contribution < -0.4 is 5.73 Å². The average molecular weight is 311 g/mol. The minimum atomic E-state index is -0.388. The number of carbonyl (C=O) groups is 1. The van der Waals surface area contributed by atoms with Gasteiger partial charge in [-0.2, -0.15) is 0 Å². The van der Waals surface area contributed by atoms with Gasteiger partial charge < -0.3 is 10.3 Å². The summed E-state index contributed by atoms with van der Waals surface area (Å²) >= 11 is 0. The Hall–Kier alpha value is -2.36. The fourth-order valence-corrected chi connectivity index (χ4v) is 3.10. The second-order valence-electron chi connectivity index (χ2n) is 5.74. The molecule has 0 radical (unpaired) electrons. The lowest BCUT2D eigenvalue weighted by atomic mass is 9.98. The van der Waals surface area contributed by atoms with Crippen molar-refractivity contribution in [2.24, 2.45) is 5.73 Å². The van der Waals surface area contributed by atoms with Crippen molar-refractivity contribution in [1.82, 2.24) is 9.55 Å². The number of hydrogen-bond donors (Lipinski definition) is 1. The van der Waals surface area contributed by atoms with Gasteiger partial charge in [-0.3, -0.25) is 9.78 Å². The molecule has 0 aliphatic heterocycles. The van der Waals surface area contributed by atoms with E-state index in [-0.39, 0.29) is 5.91 Å². The number of allylic oxidation sites excluding steroid dienone is 1. The molecule has 4 heteroatoms. The Labute approximate surface area is 138 Å². The molecule has 122 valence electrons. The van der Waals surface area contributed by atoms with Crippen molar-refractivity contribution >= 4 is 5.91 Å². The Morgan fingerprint density at radius 3 is 2.78 bits per heavy atom. The summed E-state index contributed by atoms with van der Waals surface area (Å²) in [7, 11) is 0. The summed E-state index contributed by atoms with van der Waals surface area (Å²) < 4.78 is 2.16. The third-order valence-electron chi connectivity index (χ3n) is 4.16. The van der Waals surface area contributed by atoms with Crippen LogP contribution in [-0.4, -0.2) is 15.5 Å². The van der Waals surface area contributed by atoms with Crippen LogP contribution in [-0.2, 0) is 13.0 Å². The van der Waals surface area contributed by atoms with Gasteiger partial charge >= 0.3 is 0 Å². The van der Waals surface area contributed by atoms with Gasteiger partial charge in [0.1, 0.15) is 0 Å². The van der Waals surface area contributed by atoms with E-state index < -0.39 is 0 Å². The molecule has 23 heavy (non-hydrogen) atoms. The molecule has 4 nitrogen and oxygen atoms in total. The molecule has 2 aromatic heterocycles. The van der Waals surface area contributed by atoms with Crippen LogP contribution in [0.25, 0.3) is 11.1 Å². The van der Waals surface area contributed by atoms with Crippen molar-refractivity contribution in [3.8, 4) is 11.1 Å². The summed E-state index contributed by atoms with van der Waals surface area (Å²) in [5, 5.41) is 0. The Bertz CT molecular complexity index is 686. The van der Waals surface area contributed by atoms with Gasteiger partial charge in [0, 0.05) is 41.5 Å². The molecule has 0 aromatic carbocycles. The van der Waals surface area contributed by atoms with E-state index in [1.54, 1.807) is 12.4 Å². The van der Waals surface area contributed by atoms with E-state index in [2.05, 4.69) is 23.1 Å². The van der Waals surface area contributed by atoms with Gasteiger partial charge in [-0.05, 0) is 25.8 Å². The molecule has 2 heterocycles. The highest BCUT2D eigenvalue weighted by atomic mass is 16.1. The van der Waals surface area contributed by atoms with Crippen molar-refractivity contribution < 1.29 is 4.79 Å². The van der Waals surface area contributed by atoms with Gasteiger partial charge in [-0.15, -0.1) is 6.58 Å². The molecule has 2 rings (SSSR count). The van der Waals surface area contributed by atoms with Gasteiger partial charge in [0.2, 0.25) is 0 Å². The van der Waals surface area contributed by atoms with Gasteiger partial charge in [0.05, 0.1) is 5.56 Å². The molecule has 0 atom stereocenters. The zero-order valence-electron chi connectivity index (χ0n) is 14.0. The van der Waals surface area contributed by atoms with Crippen molar-refractivity contribution in [3.63, 3.8) is 0 Å². The number of nitrogens with two attached hydrogens (primary N) is 1. The second kappa shape index (κ2) is 7.77. The quantitative estimate of drug-likeness (QED) is 0.594. The minimum Gasteiger partial charge on any atom is -0.366 e. The number of carbonyl (C=O) groups excluding carboxylic acids is 1. The van der Waals surface area contributed by atoms with Gasteiger partial charge in [0.15, 0.2) is 0 Å². The van der Waals surface area contributed by atoms with Crippen LogP contribution in [0.1, 0.15) is 47.9 Å².